The van der Waals surface area contributed by atoms with E-state index in [1.54, 1.807) is 56.3 Å². The normalized spacial score (nSPS) is 16.0. The molecule has 1 N–H and O–H groups in total. The zero-order valence-electron chi connectivity index (χ0n) is 16.0. The van der Waals surface area contributed by atoms with Crippen LogP contribution in [-0.4, -0.2) is 22.8 Å². The van der Waals surface area contributed by atoms with Crippen molar-refractivity contribution in [3.63, 3.8) is 0 Å². The molecule has 29 heavy (non-hydrogen) atoms. The Labute approximate surface area is 167 Å². The average molecular weight is 392 g/mol. The van der Waals surface area contributed by atoms with Crippen LogP contribution in [0.5, 0.6) is 11.5 Å². The molecule has 148 valence electrons. The van der Waals surface area contributed by atoms with Crippen LogP contribution in [0.4, 0.5) is 0 Å². The molecule has 0 bridgehead atoms. The van der Waals surface area contributed by atoms with Gasteiger partial charge in [0.05, 0.1) is 0 Å². The lowest BCUT2D eigenvalue weighted by atomic mass is 9.96. The fourth-order valence-corrected chi connectivity index (χ4v) is 3.30. The van der Waals surface area contributed by atoms with Crippen LogP contribution < -0.4 is 10.4 Å². The summed E-state index contributed by atoms with van der Waals surface area (Å²) in [6.07, 6.45) is 3.18. The summed E-state index contributed by atoms with van der Waals surface area (Å²) >= 11 is 0. The number of carbonyl (C=O) groups excluding carboxylic acids is 1. The van der Waals surface area contributed by atoms with E-state index >= 15 is 0 Å². The van der Waals surface area contributed by atoms with Crippen LogP contribution in [0.15, 0.2) is 63.8 Å². The average Bonchev–Trinajstić information content (AvgIpc) is 3.09. The molecule has 0 aliphatic carbocycles. The Kier molecular flexibility index (Phi) is 4.62. The van der Waals surface area contributed by atoms with Gasteiger partial charge in [0, 0.05) is 30.0 Å². The zero-order chi connectivity index (χ0) is 20.6. The Morgan fingerprint density at radius 3 is 2.69 bits per heavy atom. The van der Waals surface area contributed by atoms with Gasteiger partial charge >= 0.3 is 11.6 Å². The second-order valence-corrected chi connectivity index (χ2v) is 7.51. The van der Waals surface area contributed by atoms with Gasteiger partial charge in [0.15, 0.2) is 0 Å². The molecule has 0 saturated heterocycles. The van der Waals surface area contributed by atoms with Crippen LogP contribution in [-0.2, 0) is 16.0 Å². The minimum Gasteiger partial charge on any atom is -0.508 e. The van der Waals surface area contributed by atoms with E-state index in [-0.39, 0.29) is 11.9 Å². The lowest BCUT2D eigenvalue weighted by Gasteiger charge is -2.30. The van der Waals surface area contributed by atoms with Crippen LogP contribution in [0.25, 0.3) is 17.0 Å². The molecule has 0 amide bonds. The van der Waals surface area contributed by atoms with Crippen molar-refractivity contribution in [1.82, 2.24) is 0 Å². The summed E-state index contributed by atoms with van der Waals surface area (Å²) in [6, 6.07) is 13.2. The maximum Gasteiger partial charge on any atom is 0.336 e. The van der Waals surface area contributed by atoms with Crippen molar-refractivity contribution in [3.05, 3.63) is 76.2 Å². The highest BCUT2D eigenvalue weighted by molar-refractivity contribution is 5.87. The molecule has 0 spiro atoms. The summed E-state index contributed by atoms with van der Waals surface area (Å²) < 4.78 is 16.9. The third kappa shape index (κ3) is 4.01. The van der Waals surface area contributed by atoms with E-state index < -0.39 is 17.2 Å². The summed E-state index contributed by atoms with van der Waals surface area (Å²) in [4.78, 5) is 23.7. The molecule has 1 aliphatic heterocycles. The number of fused-ring (bicyclic) bond motifs is 2. The second kappa shape index (κ2) is 7.13. The van der Waals surface area contributed by atoms with Gasteiger partial charge in [-0.05, 0) is 55.3 Å². The summed E-state index contributed by atoms with van der Waals surface area (Å²) in [5.74, 6) is 0.301. The molecular formula is C23H20O6. The predicted octanol–water partition coefficient (Wildman–Crippen LogP) is 3.84. The van der Waals surface area contributed by atoms with Crippen molar-refractivity contribution in [2.75, 3.05) is 0 Å². The molecule has 6 nitrogen and oxygen atoms in total. The van der Waals surface area contributed by atoms with Crippen LogP contribution in [0, 0.1) is 0 Å². The number of benzene rings is 2. The van der Waals surface area contributed by atoms with Crippen molar-refractivity contribution in [2.24, 2.45) is 0 Å². The van der Waals surface area contributed by atoms with Crippen molar-refractivity contribution in [3.8, 4) is 11.5 Å². The van der Waals surface area contributed by atoms with Crippen molar-refractivity contribution in [1.29, 1.82) is 0 Å². The number of rotatable bonds is 4. The zero-order valence-corrected chi connectivity index (χ0v) is 16.0. The first-order valence-electron chi connectivity index (χ1n) is 9.24. The molecule has 2 aromatic carbocycles. The molecule has 1 atom stereocenters. The largest absolute Gasteiger partial charge is 0.508 e. The number of carbonyl (C=O) groups is 1. The maximum absolute atomic E-state index is 12.3. The molecule has 0 radical (unpaired) electrons. The molecule has 1 aliphatic rings. The van der Waals surface area contributed by atoms with Gasteiger partial charge in [-0.25, -0.2) is 9.59 Å². The van der Waals surface area contributed by atoms with Gasteiger partial charge in [-0.2, -0.15) is 0 Å². The van der Waals surface area contributed by atoms with Gasteiger partial charge in [-0.1, -0.05) is 12.1 Å². The minimum absolute atomic E-state index is 0.163. The third-order valence-corrected chi connectivity index (χ3v) is 4.92. The topological polar surface area (TPSA) is 86.0 Å². The second-order valence-electron chi connectivity index (χ2n) is 7.51. The van der Waals surface area contributed by atoms with E-state index in [1.807, 2.05) is 6.07 Å². The van der Waals surface area contributed by atoms with Gasteiger partial charge in [0.2, 0.25) is 0 Å². The van der Waals surface area contributed by atoms with Crippen molar-refractivity contribution < 1.29 is 23.8 Å². The minimum atomic E-state index is -0.873. The van der Waals surface area contributed by atoms with Crippen molar-refractivity contribution in [2.45, 2.75) is 32.0 Å². The molecule has 3 aromatic rings. The summed E-state index contributed by atoms with van der Waals surface area (Å²) in [5.41, 5.74) is 0.920. The van der Waals surface area contributed by atoms with E-state index in [0.29, 0.717) is 17.8 Å². The highest BCUT2D eigenvalue weighted by atomic mass is 16.6. The number of phenolic OH excluding ortho intramolecular Hbond substituents is 1. The number of aromatic hydroxyl groups is 1. The number of hydrogen-bond acceptors (Lipinski definition) is 6. The van der Waals surface area contributed by atoms with Crippen LogP contribution in [0.3, 0.4) is 0 Å². The fraction of sp³-hybridized carbons (Fsp3) is 0.217. The lowest BCUT2D eigenvalue weighted by molar-refractivity contribution is -0.158. The highest BCUT2D eigenvalue weighted by Gasteiger charge is 2.39. The molecule has 1 aromatic heterocycles. The number of hydrogen-bond donors (Lipinski definition) is 1. The van der Waals surface area contributed by atoms with Gasteiger partial charge in [0.1, 0.15) is 28.8 Å². The first kappa shape index (κ1) is 18.8. The summed E-state index contributed by atoms with van der Waals surface area (Å²) in [6.45, 7) is 3.60. The molecule has 6 heteroatoms. The van der Waals surface area contributed by atoms with E-state index in [9.17, 15) is 14.7 Å². The fourth-order valence-electron chi connectivity index (χ4n) is 3.30. The number of esters is 1. The number of ether oxygens (including phenoxy) is 2. The van der Waals surface area contributed by atoms with Gasteiger partial charge < -0.3 is 19.0 Å². The first-order valence-corrected chi connectivity index (χ1v) is 9.24. The summed E-state index contributed by atoms with van der Waals surface area (Å²) in [5, 5.41) is 10.1. The maximum atomic E-state index is 12.3. The highest BCUT2D eigenvalue weighted by Crippen LogP contribution is 2.37. The van der Waals surface area contributed by atoms with E-state index in [1.165, 1.54) is 12.1 Å². The van der Waals surface area contributed by atoms with E-state index in [0.717, 1.165) is 16.5 Å². The summed E-state index contributed by atoms with van der Waals surface area (Å²) in [7, 11) is 0. The Balaban J connectivity index is 1.47. The van der Waals surface area contributed by atoms with Gasteiger partial charge in [0.25, 0.3) is 0 Å². The van der Waals surface area contributed by atoms with Crippen molar-refractivity contribution >= 4 is 23.0 Å². The molecule has 0 fully saturated rings. The monoisotopic (exact) mass is 392 g/mol. The number of phenols is 1. The molecule has 2 heterocycles. The van der Waals surface area contributed by atoms with Crippen LogP contribution in [0.2, 0.25) is 0 Å². The lowest BCUT2D eigenvalue weighted by Crippen LogP contribution is -2.43. The molecule has 1 unspecified atom stereocenters. The molecule has 0 saturated carbocycles. The Hall–Kier alpha value is -3.54. The molecular weight excluding hydrogens is 372 g/mol. The van der Waals surface area contributed by atoms with Gasteiger partial charge in [-0.15, -0.1) is 0 Å². The van der Waals surface area contributed by atoms with Crippen LogP contribution in [0.1, 0.15) is 25.0 Å². The van der Waals surface area contributed by atoms with E-state index in [2.05, 4.69) is 0 Å². The first-order chi connectivity index (χ1) is 13.8. The Morgan fingerprint density at radius 2 is 1.93 bits per heavy atom. The quantitative estimate of drug-likeness (QED) is 0.412. The predicted molar refractivity (Wildman–Crippen MR) is 108 cm³/mol. The molecule has 4 rings (SSSR count). The smallest absolute Gasteiger partial charge is 0.336 e. The standard InChI is InChI=1S/C23H20O6/c1-23(2,29-22(26)9-5-14-3-7-17(24)8-4-14)20-12-16-11-15-6-10-21(25)28-18(15)13-19(16)27-20/h3-11,13,20,24H,12H2,1-2H3/b9-5+. The SMILES string of the molecule is CC(C)(OC(=O)/C=C/c1ccc(O)cc1)C1Cc2cc3ccc(=O)oc3cc2O1. The Bertz CT molecular complexity index is 1150. The van der Waals surface area contributed by atoms with E-state index in [4.69, 9.17) is 13.9 Å². The third-order valence-electron chi connectivity index (χ3n) is 4.92. The Morgan fingerprint density at radius 1 is 1.17 bits per heavy atom. The van der Waals surface area contributed by atoms with Crippen LogP contribution >= 0.6 is 0 Å². The van der Waals surface area contributed by atoms with Gasteiger partial charge in [-0.3, -0.25) is 0 Å².